The summed E-state index contributed by atoms with van der Waals surface area (Å²) in [5.74, 6) is 1.99. The van der Waals surface area contributed by atoms with Crippen LogP contribution in [0.5, 0.6) is 0 Å². The number of rotatable bonds is 8. The first-order valence-electron chi connectivity index (χ1n) is 11.7. The van der Waals surface area contributed by atoms with Crippen LogP contribution in [-0.4, -0.2) is 47.5 Å². The van der Waals surface area contributed by atoms with E-state index in [9.17, 15) is 14.9 Å². The molecule has 4 rings (SSSR count). The second kappa shape index (κ2) is 10.5. The Morgan fingerprint density at radius 3 is 2.66 bits per heavy atom. The molecule has 0 aliphatic heterocycles. The Balaban J connectivity index is 1.28. The third-order valence-electron chi connectivity index (χ3n) is 6.28. The van der Waals surface area contributed by atoms with Crippen LogP contribution >= 0.6 is 0 Å². The quantitative estimate of drug-likeness (QED) is 0.360. The molecule has 10 heteroatoms. The van der Waals surface area contributed by atoms with Crippen LogP contribution in [-0.2, 0) is 0 Å². The highest BCUT2D eigenvalue weighted by Gasteiger charge is 2.24. The number of hydrogen-bond donors (Lipinski definition) is 2. The monoisotopic (exact) mass is 478 g/mol. The van der Waals surface area contributed by atoms with Crippen LogP contribution in [0.4, 0.5) is 17.5 Å². The Morgan fingerprint density at radius 1 is 1.17 bits per heavy atom. The molecule has 0 bridgehead atoms. The van der Waals surface area contributed by atoms with Crippen LogP contribution in [0.25, 0.3) is 11.3 Å². The van der Waals surface area contributed by atoms with Crippen molar-refractivity contribution in [2.45, 2.75) is 38.6 Å². The molecule has 0 saturated heterocycles. The molecular formula is C25H30N6O4. The molecule has 0 spiro atoms. The first-order valence-corrected chi connectivity index (χ1v) is 11.7. The van der Waals surface area contributed by atoms with Crippen molar-refractivity contribution < 1.29 is 14.1 Å². The first-order chi connectivity index (χ1) is 16.8. The summed E-state index contributed by atoms with van der Waals surface area (Å²) in [5, 5.41) is 17.8. The fourth-order valence-electron chi connectivity index (χ4n) is 4.29. The Hall–Kier alpha value is -3.95. The molecule has 0 atom stereocenters. The van der Waals surface area contributed by atoms with E-state index < -0.39 is 4.92 Å². The summed E-state index contributed by atoms with van der Waals surface area (Å²) in [6, 6.07) is 10.2. The van der Waals surface area contributed by atoms with E-state index in [2.05, 4.69) is 20.6 Å². The summed E-state index contributed by atoms with van der Waals surface area (Å²) in [6.07, 6.45) is 5.65. The molecular weight excluding hydrogens is 448 g/mol. The van der Waals surface area contributed by atoms with Crippen LogP contribution in [0.2, 0.25) is 0 Å². The van der Waals surface area contributed by atoms with Gasteiger partial charge >= 0.3 is 0 Å². The van der Waals surface area contributed by atoms with E-state index in [4.69, 9.17) is 4.42 Å². The van der Waals surface area contributed by atoms with Crippen molar-refractivity contribution >= 4 is 23.4 Å². The van der Waals surface area contributed by atoms with E-state index in [0.29, 0.717) is 35.8 Å². The molecule has 0 radical (unpaired) electrons. The van der Waals surface area contributed by atoms with Crippen molar-refractivity contribution in [1.29, 1.82) is 0 Å². The maximum Gasteiger partial charge on any atom is 0.287 e. The molecule has 184 valence electrons. The second-order valence-corrected chi connectivity index (χ2v) is 9.15. The number of furan rings is 1. The topological polar surface area (TPSA) is 126 Å². The van der Waals surface area contributed by atoms with Gasteiger partial charge in [0.15, 0.2) is 5.76 Å². The summed E-state index contributed by atoms with van der Waals surface area (Å²) in [6.45, 7) is 2.34. The Kier molecular flexibility index (Phi) is 7.28. The lowest BCUT2D eigenvalue weighted by Gasteiger charge is -2.29. The second-order valence-electron chi connectivity index (χ2n) is 9.15. The van der Waals surface area contributed by atoms with Gasteiger partial charge in [0.25, 0.3) is 11.6 Å². The van der Waals surface area contributed by atoms with Crippen molar-refractivity contribution in [2.75, 3.05) is 30.9 Å². The predicted octanol–water partition coefficient (Wildman–Crippen LogP) is 4.42. The number of anilines is 2. The maximum atomic E-state index is 12.6. The summed E-state index contributed by atoms with van der Waals surface area (Å²) in [5.41, 5.74) is 1.09. The highest BCUT2D eigenvalue weighted by atomic mass is 16.6. The summed E-state index contributed by atoms with van der Waals surface area (Å²) >= 11 is 0. The average molecular weight is 479 g/mol. The zero-order valence-electron chi connectivity index (χ0n) is 20.2. The van der Waals surface area contributed by atoms with Gasteiger partial charge in [0.2, 0.25) is 5.95 Å². The molecule has 2 aromatic heterocycles. The number of carbonyl (C=O) groups excluding carboxylic acids is 1. The van der Waals surface area contributed by atoms with Crippen LogP contribution < -0.4 is 15.5 Å². The highest BCUT2D eigenvalue weighted by molar-refractivity contribution is 5.92. The molecule has 2 heterocycles. The molecule has 1 aliphatic rings. The number of aromatic nitrogens is 2. The number of hydrogen-bond acceptors (Lipinski definition) is 8. The van der Waals surface area contributed by atoms with Gasteiger partial charge in [-0.1, -0.05) is 6.07 Å². The van der Waals surface area contributed by atoms with E-state index in [1.165, 1.54) is 6.07 Å². The van der Waals surface area contributed by atoms with Crippen molar-refractivity contribution in [3.8, 4) is 11.3 Å². The van der Waals surface area contributed by atoms with Crippen LogP contribution in [0.15, 0.2) is 47.0 Å². The van der Waals surface area contributed by atoms with Gasteiger partial charge in [0.05, 0.1) is 10.5 Å². The van der Waals surface area contributed by atoms with Crippen molar-refractivity contribution in [3.05, 3.63) is 64.0 Å². The molecule has 3 aromatic rings. The van der Waals surface area contributed by atoms with Gasteiger partial charge in [0.1, 0.15) is 11.6 Å². The van der Waals surface area contributed by atoms with Crippen LogP contribution in [0.3, 0.4) is 0 Å². The number of carbonyl (C=O) groups is 1. The molecule has 1 aromatic carbocycles. The SMILES string of the molecule is Cc1ccc(-c2ccc(C(=O)NC[C@H]3CC[C@@H](Nc4nccc(N(C)C)n4)CC3)o2)c([N+](=O)[O-])c1. The molecule has 1 aliphatic carbocycles. The van der Waals surface area contributed by atoms with Gasteiger partial charge in [-0.25, -0.2) is 4.98 Å². The lowest BCUT2D eigenvalue weighted by atomic mass is 9.86. The van der Waals surface area contributed by atoms with Gasteiger partial charge in [0, 0.05) is 38.9 Å². The first kappa shape index (κ1) is 24.2. The van der Waals surface area contributed by atoms with Gasteiger partial charge in [-0.3, -0.25) is 14.9 Å². The highest BCUT2D eigenvalue weighted by Crippen LogP contribution is 2.32. The number of amides is 1. The third-order valence-corrected chi connectivity index (χ3v) is 6.28. The molecule has 0 unspecified atom stereocenters. The lowest BCUT2D eigenvalue weighted by molar-refractivity contribution is -0.384. The van der Waals surface area contributed by atoms with Gasteiger partial charge in [-0.05, 0) is 68.4 Å². The van der Waals surface area contributed by atoms with E-state index in [-0.39, 0.29) is 17.4 Å². The van der Waals surface area contributed by atoms with Crippen LogP contribution in [0.1, 0.15) is 41.8 Å². The molecule has 2 N–H and O–H groups in total. The molecule has 1 amide bonds. The minimum atomic E-state index is -0.444. The zero-order chi connectivity index (χ0) is 24.9. The maximum absolute atomic E-state index is 12.6. The van der Waals surface area contributed by atoms with Crippen molar-refractivity contribution in [3.63, 3.8) is 0 Å². The largest absolute Gasteiger partial charge is 0.451 e. The number of benzene rings is 1. The molecule has 1 saturated carbocycles. The van der Waals surface area contributed by atoms with Gasteiger partial charge < -0.3 is 20.0 Å². The molecule has 35 heavy (non-hydrogen) atoms. The number of nitro groups is 1. The minimum absolute atomic E-state index is 0.0458. The standard InChI is InChI=1S/C25H30N6O4/c1-16-4-9-19(20(14-16)31(33)34)21-10-11-22(35-21)24(32)27-15-17-5-7-18(8-6-17)28-25-26-13-12-23(29-25)30(2)3/h4,9-14,17-18H,5-8,15H2,1-3H3,(H,27,32)(H,26,28,29)/t17-,18+. The fourth-order valence-corrected chi connectivity index (χ4v) is 4.29. The lowest BCUT2D eigenvalue weighted by Crippen LogP contribution is -2.34. The van der Waals surface area contributed by atoms with Crippen molar-refractivity contribution in [1.82, 2.24) is 15.3 Å². The zero-order valence-corrected chi connectivity index (χ0v) is 20.2. The summed E-state index contributed by atoms with van der Waals surface area (Å²) < 4.78 is 5.67. The van der Waals surface area contributed by atoms with E-state index in [1.807, 2.05) is 25.1 Å². The van der Waals surface area contributed by atoms with E-state index in [0.717, 1.165) is 37.1 Å². The fraction of sp³-hybridized carbons (Fsp3) is 0.400. The van der Waals surface area contributed by atoms with E-state index in [1.54, 1.807) is 37.4 Å². The van der Waals surface area contributed by atoms with Crippen LogP contribution in [0, 0.1) is 23.0 Å². The van der Waals surface area contributed by atoms with E-state index >= 15 is 0 Å². The molecule has 1 fully saturated rings. The number of nitrogens with zero attached hydrogens (tertiary/aromatic N) is 4. The third kappa shape index (κ3) is 5.95. The number of nitrogens with one attached hydrogen (secondary N) is 2. The minimum Gasteiger partial charge on any atom is -0.451 e. The normalized spacial score (nSPS) is 17.6. The number of aryl methyl sites for hydroxylation is 1. The number of nitro benzene ring substituents is 1. The van der Waals surface area contributed by atoms with Gasteiger partial charge in [-0.15, -0.1) is 0 Å². The van der Waals surface area contributed by atoms with Gasteiger partial charge in [-0.2, -0.15) is 4.98 Å². The molecule has 10 nitrogen and oxygen atoms in total. The summed E-state index contributed by atoms with van der Waals surface area (Å²) in [7, 11) is 3.89. The average Bonchev–Trinajstić information content (AvgIpc) is 3.34. The Labute approximate surface area is 203 Å². The Bertz CT molecular complexity index is 1200. The van der Waals surface area contributed by atoms with Crippen molar-refractivity contribution in [2.24, 2.45) is 5.92 Å². The smallest absolute Gasteiger partial charge is 0.287 e. The summed E-state index contributed by atoms with van der Waals surface area (Å²) in [4.78, 5) is 34.4. The Morgan fingerprint density at radius 2 is 1.94 bits per heavy atom. The predicted molar refractivity (Wildman–Crippen MR) is 134 cm³/mol.